The molecule has 1 aliphatic rings. The van der Waals surface area contributed by atoms with Gasteiger partial charge in [0.25, 0.3) is 0 Å². The maximum Gasteiger partial charge on any atom is 0.0856 e. The van der Waals surface area contributed by atoms with Gasteiger partial charge in [-0.1, -0.05) is 6.42 Å². The molecule has 0 aliphatic heterocycles. The zero-order chi connectivity index (χ0) is 12.3. The molecule has 0 bridgehead atoms. The fraction of sp³-hybridized carbons (Fsp3) is 0.571. The molecule has 0 amide bonds. The summed E-state index contributed by atoms with van der Waals surface area (Å²) in [5.74, 6) is 0. The highest BCUT2D eigenvalue weighted by molar-refractivity contribution is 5.55. The molecule has 3 nitrogen and oxygen atoms in total. The van der Waals surface area contributed by atoms with Crippen LogP contribution in [0.5, 0.6) is 0 Å². The number of nitrogens with one attached hydrogen (secondary N) is 1. The van der Waals surface area contributed by atoms with E-state index in [1.807, 2.05) is 14.1 Å². The van der Waals surface area contributed by atoms with Crippen LogP contribution in [0.2, 0.25) is 0 Å². The van der Waals surface area contributed by atoms with E-state index in [1.54, 1.807) is 0 Å². The Balaban J connectivity index is 2.03. The van der Waals surface area contributed by atoms with Crippen LogP contribution in [0.4, 0.5) is 11.4 Å². The first-order chi connectivity index (χ1) is 8.09. The molecule has 0 spiro atoms. The van der Waals surface area contributed by atoms with Crippen molar-refractivity contribution in [1.82, 2.24) is 0 Å². The summed E-state index contributed by atoms with van der Waals surface area (Å²) < 4.78 is 0. The fourth-order valence-electron chi connectivity index (χ4n) is 2.44. The average Bonchev–Trinajstić information content (AvgIpc) is 2.30. The number of anilines is 2. The number of nitrogens with zero attached hydrogens (tertiary/aromatic N) is 1. The lowest BCUT2D eigenvalue weighted by molar-refractivity contribution is 0.333. The standard InChI is InChI=1S/C14H23N3/c1-17(2)13-8-6-12(7-9-13)16-14(15)10-4-3-5-11-14/h6-9,16H,3-5,10-11,15H2,1-2H3. The SMILES string of the molecule is CN(C)c1ccc(NC2(N)CCCCC2)cc1. The largest absolute Gasteiger partial charge is 0.378 e. The molecule has 94 valence electrons. The van der Waals surface area contributed by atoms with Gasteiger partial charge in [-0.2, -0.15) is 0 Å². The summed E-state index contributed by atoms with van der Waals surface area (Å²) in [6.07, 6.45) is 5.93. The summed E-state index contributed by atoms with van der Waals surface area (Å²) in [5.41, 5.74) is 8.51. The van der Waals surface area contributed by atoms with E-state index in [-0.39, 0.29) is 5.66 Å². The van der Waals surface area contributed by atoms with E-state index in [4.69, 9.17) is 5.73 Å². The normalized spacial score (nSPS) is 18.8. The highest BCUT2D eigenvalue weighted by Gasteiger charge is 2.26. The first-order valence-electron chi connectivity index (χ1n) is 6.44. The quantitative estimate of drug-likeness (QED) is 0.789. The summed E-state index contributed by atoms with van der Waals surface area (Å²) in [6, 6.07) is 8.46. The number of benzene rings is 1. The highest BCUT2D eigenvalue weighted by atomic mass is 15.1. The van der Waals surface area contributed by atoms with Crippen molar-refractivity contribution in [1.29, 1.82) is 0 Å². The van der Waals surface area contributed by atoms with Gasteiger partial charge in [-0.15, -0.1) is 0 Å². The maximum absolute atomic E-state index is 6.37. The van der Waals surface area contributed by atoms with Crippen LogP contribution >= 0.6 is 0 Å². The summed E-state index contributed by atoms with van der Waals surface area (Å²) in [7, 11) is 4.10. The summed E-state index contributed by atoms with van der Waals surface area (Å²) in [6.45, 7) is 0. The molecule has 1 aliphatic carbocycles. The van der Waals surface area contributed by atoms with E-state index in [9.17, 15) is 0 Å². The van der Waals surface area contributed by atoms with Gasteiger partial charge in [-0.3, -0.25) is 0 Å². The van der Waals surface area contributed by atoms with Crippen LogP contribution in [-0.4, -0.2) is 19.8 Å². The van der Waals surface area contributed by atoms with E-state index in [0.717, 1.165) is 18.5 Å². The van der Waals surface area contributed by atoms with Crippen molar-refractivity contribution in [2.24, 2.45) is 5.73 Å². The molecular formula is C14H23N3. The van der Waals surface area contributed by atoms with Gasteiger partial charge in [-0.05, 0) is 49.9 Å². The molecule has 17 heavy (non-hydrogen) atoms. The third-order valence-electron chi connectivity index (χ3n) is 3.52. The molecule has 0 radical (unpaired) electrons. The molecule has 1 aromatic rings. The van der Waals surface area contributed by atoms with Gasteiger partial charge in [0, 0.05) is 25.5 Å². The lowest BCUT2D eigenvalue weighted by atomic mass is 9.89. The minimum atomic E-state index is -0.197. The van der Waals surface area contributed by atoms with Crippen LogP contribution in [0.3, 0.4) is 0 Å². The molecule has 0 saturated heterocycles. The molecule has 0 aromatic heterocycles. The topological polar surface area (TPSA) is 41.3 Å². The zero-order valence-electron chi connectivity index (χ0n) is 10.9. The smallest absolute Gasteiger partial charge is 0.0856 e. The van der Waals surface area contributed by atoms with E-state index in [2.05, 4.69) is 34.5 Å². The summed E-state index contributed by atoms with van der Waals surface area (Å²) in [5, 5.41) is 3.48. The van der Waals surface area contributed by atoms with Crippen LogP contribution in [0.15, 0.2) is 24.3 Å². The van der Waals surface area contributed by atoms with Crippen molar-refractivity contribution in [3.63, 3.8) is 0 Å². The number of nitrogens with two attached hydrogens (primary N) is 1. The van der Waals surface area contributed by atoms with Gasteiger partial charge >= 0.3 is 0 Å². The number of hydrogen-bond donors (Lipinski definition) is 2. The van der Waals surface area contributed by atoms with Crippen molar-refractivity contribution in [3.8, 4) is 0 Å². The Morgan fingerprint density at radius 1 is 1.06 bits per heavy atom. The molecule has 3 heteroatoms. The van der Waals surface area contributed by atoms with Gasteiger partial charge in [-0.25, -0.2) is 0 Å². The van der Waals surface area contributed by atoms with Gasteiger partial charge in [0.05, 0.1) is 5.66 Å². The second-order valence-electron chi connectivity index (χ2n) is 5.28. The molecule has 1 fully saturated rings. The Morgan fingerprint density at radius 2 is 1.65 bits per heavy atom. The van der Waals surface area contributed by atoms with Crippen LogP contribution in [0.25, 0.3) is 0 Å². The first-order valence-corrected chi connectivity index (χ1v) is 6.44. The van der Waals surface area contributed by atoms with Crippen molar-refractivity contribution >= 4 is 11.4 Å². The first kappa shape index (κ1) is 12.2. The Hall–Kier alpha value is -1.22. The Labute approximate surface area is 104 Å². The van der Waals surface area contributed by atoms with Crippen molar-refractivity contribution < 1.29 is 0 Å². The van der Waals surface area contributed by atoms with Crippen LogP contribution in [-0.2, 0) is 0 Å². The third kappa shape index (κ3) is 3.13. The molecule has 3 N–H and O–H groups in total. The van der Waals surface area contributed by atoms with Crippen LogP contribution < -0.4 is 16.0 Å². The summed E-state index contributed by atoms with van der Waals surface area (Å²) in [4.78, 5) is 2.10. The molecule has 0 unspecified atom stereocenters. The molecule has 0 heterocycles. The highest BCUT2D eigenvalue weighted by Crippen LogP contribution is 2.28. The van der Waals surface area contributed by atoms with E-state index in [0.29, 0.717) is 0 Å². The van der Waals surface area contributed by atoms with Gasteiger partial charge in [0.1, 0.15) is 0 Å². The molecular weight excluding hydrogens is 210 g/mol. The van der Waals surface area contributed by atoms with Crippen molar-refractivity contribution in [2.45, 2.75) is 37.8 Å². The Morgan fingerprint density at radius 3 is 2.18 bits per heavy atom. The zero-order valence-corrected chi connectivity index (χ0v) is 10.9. The minimum Gasteiger partial charge on any atom is -0.378 e. The van der Waals surface area contributed by atoms with Gasteiger partial charge in [0.2, 0.25) is 0 Å². The number of rotatable bonds is 3. The Kier molecular flexibility index (Phi) is 3.57. The van der Waals surface area contributed by atoms with E-state index in [1.165, 1.54) is 24.9 Å². The van der Waals surface area contributed by atoms with Crippen molar-refractivity contribution in [2.75, 3.05) is 24.3 Å². The van der Waals surface area contributed by atoms with Crippen LogP contribution in [0, 0.1) is 0 Å². The fourth-order valence-corrected chi connectivity index (χ4v) is 2.44. The summed E-state index contributed by atoms with van der Waals surface area (Å²) >= 11 is 0. The Bertz CT molecular complexity index is 350. The predicted octanol–water partition coefficient (Wildman–Crippen LogP) is 2.78. The maximum atomic E-state index is 6.37. The third-order valence-corrected chi connectivity index (χ3v) is 3.52. The molecule has 1 saturated carbocycles. The second kappa shape index (κ2) is 4.96. The van der Waals surface area contributed by atoms with Gasteiger partial charge < -0.3 is 16.0 Å². The average molecular weight is 233 g/mol. The van der Waals surface area contributed by atoms with E-state index >= 15 is 0 Å². The van der Waals surface area contributed by atoms with Crippen LogP contribution in [0.1, 0.15) is 32.1 Å². The lowest BCUT2D eigenvalue weighted by Gasteiger charge is -2.35. The minimum absolute atomic E-state index is 0.197. The molecule has 2 rings (SSSR count). The van der Waals surface area contributed by atoms with Gasteiger partial charge in [0.15, 0.2) is 0 Å². The predicted molar refractivity (Wildman–Crippen MR) is 74.4 cm³/mol. The molecule has 0 atom stereocenters. The molecule has 1 aromatic carbocycles. The monoisotopic (exact) mass is 233 g/mol. The lowest BCUT2D eigenvalue weighted by Crippen LogP contribution is -2.49. The van der Waals surface area contributed by atoms with E-state index < -0.39 is 0 Å². The van der Waals surface area contributed by atoms with Crippen molar-refractivity contribution in [3.05, 3.63) is 24.3 Å². The number of hydrogen-bond acceptors (Lipinski definition) is 3. The second-order valence-corrected chi connectivity index (χ2v) is 5.28.